The molecule has 5 N–H and O–H groups in total. The van der Waals surface area contributed by atoms with Gasteiger partial charge in [0.05, 0.1) is 24.1 Å². The van der Waals surface area contributed by atoms with Crippen LogP contribution in [-0.2, 0) is 4.74 Å². The first kappa shape index (κ1) is 23.8. The van der Waals surface area contributed by atoms with Crippen molar-refractivity contribution in [1.29, 1.82) is 0 Å². The van der Waals surface area contributed by atoms with Crippen molar-refractivity contribution in [3.63, 3.8) is 0 Å². The van der Waals surface area contributed by atoms with Crippen LogP contribution in [-0.4, -0.2) is 35.8 Å². The van der Waals surface area contributed by atoms with Gasteiger partial charge in [0.1, 0.15) is 11.4 Å². The summed E-state index contributed by atoms with van der Waals surface area (Å²) in [6.45, 7) is 8.44. The van der Waals surface area contributed by atoms with Gasteiger partial charge in [-0.2, -0.15) is 0 Å². The molecule has 0 unspecified atom stereocenters. The van der Waals surface area contributed by atoms with E-state index >= 15 is 0 Å². The van der Waals surface area contributed by atoms with Gasteiger partial charge in [-0.25, -0.2) is 15.6 Å². The quantitative estimate of drug-likeness (QED) is 0.456. The number of hydrogen-bond acceptors (Lipinski definition) is 7. The van der Waals surface area contributed by atoms with Gasteiger partial charge in [0, 0.05) is 7.05 Å². The van der Waals surface area contributed by atoms with E-state index < -0.39 is 6.09 Å². The van der Waals surface area contributed by atoms with E-state index in [4.69, 9.17) is 21.1 Å². The van der Waals surface area contributed by atoms with Crippen LogP contribution in [0.15, 0.2) is 18.0 Å². The number of carbonyl (C=O) groups is 1. The number of nitrogens with zero attached hydrogens (tertiary/aromatic N) is 2. The molecule has 30 heavy (non-hydrogen) atoms. The van der Waals surface area contributed by atoms with Crippen LogP contribution in [0.4, 0.5) is 4.79 Å². The summed E-state index contributed by atoms with van der Waals surface area (Å²) in [6, 6.07) is 3.64. The smallest absolute Gasteiger partial charge is 0.412 e. The Hall–Kier alpha value is -2.48. The van der Waals surface area contributed by atoms with Crippen molar-refractivity contribution < 1.29 is 14.3 Å². The Labute approximate surface area is 180 Å². The van der Waals surface area contributed by atoms with Crippen LogP contribution in [0.2, 0.25) is 0 Å². The zero-order valence-electron chi connectivity index (χ0n) is 19.0. The fraction of sp³-hybridized carbons (Fsp3) is 0.636. The van der Waals surface area contributed by atoms with Crippen molar-refractivity contribution in [2.24, 2.45) is 17.0 Å². The molecule has 0 spiro atoms. The van der Waals surface area contributed by atoms with Gasteiger partial charge in [-0.1, -0.05) is 27.2 Å². The molecule has 2 rings (SSSR count). The zero-order chi connectivity index (χ0) is 22.3. The van der Waals surface area contributed by atoms with E-state index in [2.05, 4.69) is 31.1 Å². The van der Waals surface area contributed by atoms with Crippen molar-refractivity contribution in [2.45, 2.75) is 72.3 Å². The average molecular weight is 420 g/mol. The van der Waals surface area contributed by atoms with Gasteiger partial charge < -0.3 is 15.2 Å². The molecule has 1 heterocycles. The predicted molar refractivity (Wildman–Crippen MR) is 118 cm³/mol. The van der Waals surface area contributed by atoms with Gasteiger partial charge in [-0.05, 0) is 56.6 Å². The van der Waals surface area contributed by atoms with E-state index in [1.54, 1.807) is 13.1 Å². The molecule has 0 saturated heterocycles. The number of aryl methyl sites for hydroxylation is 1. The highest BCUT2D eigenvalue weighted by atomic mass is 16.5. The van der Waals surface area contributed by atoms with Crippen LogP contribution < -0.4 is 21.6 Å². The van der Waals surface area contributed by atoms with Gasteiger partial charge >= 0.3 is 6.09 Å². The van der Waals surface area contributed by atoms with Crippen LogP contribution in [0.25, 0.3) is 5.70 Å². The molecule has 168 valence electrons. The third-order valence-electron chi connectivity index (χ3n) is 5.07. The number of aromatic nitrogens is 1. The fourth-order valence-electron chi connectivity index (χ4n) is 3.23. The molecule has 8 nitrogen and oxygen atoms in total. The van der Waals surface area contributed by atoms with Gasteiger partial charge in [0.25, 0.3) is 0 Å². The minimum absolute atomic E-state index is 0.0749. The zero-order valence-corrected chi connectivity index (χ0v) is 19.0. The lowest BCUT2D eigenvalue weighted by atomic mass is 9.93. The molecule has 0 bridgehead atoms. The van der Waals surface area contributed by atoms with Crippen LogP contribution in [0.1, 0.15) is 70.7 Å². The number of hydrogen-bond donors (Lipinski definition) is 3. The molecule has 0 aliphatic heterocycles. The lowest BCUT2D eigenvalue weighted by Crippen LogP contribution is -2.39. The van der Waals surface area contributed by atoms with Crippen molar-refractivity contribution >= 4 is 11.8 Å². The lowest BCUT2D eigenvalue weighted by molar-refractivity contribution is 0.131. The topological polar surface area (TPSA) is 116 Å². The Bertz CT molecular complexity index is 750. The van der Waals surface area contributed by atoms with E-state index in [9.17, 15) is 4.79 Å². The molecule has 8 heteroatoms. The van der Waals surface area contributed by atoms with Crippen LogP contribution in [0.5, 0.6) is 5.75 Å². The van der Waals surface area contributed by atoms with Crippen molar-refractivity contribution in [2.75, 3.05) is 13.7 Å². The number of amides is 1. The monoisotopic (exact) mass is 419 g/mol. The maximum Gasteiger partial charge on any atom is 0.412 e. The number of alkyl carbamates (subject to hydrolysis) is 1. The summed E-state index contributed by atoms with van der Waals surface area (Å²) >= 11 is 0. The maximum absolute atomic E-state index is 12.2. The number of carbonyl (C=O) groups excluding carboxylic acids is 1. The number of rotatable bonds is 7. The molecular weight excluding hydrogens is 382 g/mol. The van der Waals surface area contributed by atoms with Gasteiger partial charge in [0.15, 0.2) is 5.82 Å². The standard InChI is InChI=1S/C22H37N5O3/c1-15-18(30-16-9-7-6-8-10-16)12-11-17(25-15)19(23)20(27(5)24)26-21(28)29-14-13-22(2,3)4/h11-12,16H,6-10,13-14,23-24H2,1-5H3,(H,26,28)/b20-19-. The molecule has 0 atom stereocenters. The summed E-state index contributed by atoms with van der Waals surface area (Å²) in [5.74, 6) is 6.87. The summed E-state index contributed by atoms with van der Waals surface area (Å²) in [6.07, 6.45) is 6.22. The summed E-state index contributed by atoms with van der Waals surface area (Å²) in [4.78, 5) is 16.7. The van der Waals surface area contributed by atoms with E-state index in [-0.39, 0.29) is 23.0 Å². The first-order chi connectivity index (χ1) is 14.1. The van der Waals surface area contributed by atoms with Crippen LogP contribution >= 0.6 is 0 Å². The van der Waals surface area contributed by atoms with Crippen molar-refractivity contribution in [3.05, 3.63) is 29.3 Å². The lowest BCUT2D eigenvalue weighted by Gasteiger charge is -2.24. The van der Waals surface area contributed by atoms with Crippen LogP contribution in [0, 0.1) is 12.3 Å². The molecule has 1 fully saturated rings. The van der Waals surface area contributed by atoms with E-state index in [1.807, 2.05) is 13.0 Å². The van der Waals surface area contributed by atoms with Gasteiger partial charge in [-0.3, -0.25) is 10.3 Å². The highest BCUT2D eigenvalue weighted by Crippen LogP contribution is 2.26. The van der Waals surface area contributed by atoms with E-state index in [0.717, 1.165) is 30.7 Å². The Balaban J connectivity index is 2.09. The molecular formula is C22H37N5O3. The number of pyridine rings is 1. The van der Waals surface area contributed by atoms with Crippen molar-refractivity contribution in [3.8, 4) is 5.75 Å². The SMILES string of the molecule is Cc1nc(/C(N)=C(\NC(=O)OCCC(C)(C)C)N(C)N)ccc1OC1CCCCC1. The summed E-state index contributed by atoms with van der Waals surface area (Å²) < 4.78 is 11.4. The van der Waals surface area contributed by atoms with Gasteiger partial charge in [-0.15, -0.1) is 0 Å². The number of nitrogens with two attached hydrogens (primary N) is 2. The minimum atomic E-state index is -0.608. The molecule has 0 radical (unpaired) electrons. The number of ether oxygens (including phenoxy) is 2. The Morgan fingerprint density at radius 2 is 1.93 bits per heavy atom. The van der Waals surface area contributed by atoms with E-state index in [0.29, 0.717) is 12.3 Å². The molecule has 1 aliphatic carbocycles. The minimum Gasteiger partial charge on any atom is -0.489 e. The van der Waals surface area contributed by atoms with Gasteiger partial charge in [0.2, 0.25) is 0 Å². The molecule has 1 aromatic heterocycles. The Morgan fingerprint density at radius 3 is 2.50 bits per heavy atom. The second kappa shape index (κ2) is 10.5. The highest BCUT2D eigenvalue weighted by Gasteiger charge is 2.19. The second-order valence-corrected chi connectivity index (χ2v) is 9.10. The predicted octanol–water partition coefficient (Wildman–Crippen LogP) is 3.65. The molecule has 1 aliphatic rings. The fourth-order valence-corrected chi connectivity index (χ4v) is 3.23. The highest BCUT2D eigenvalue weighted by molar-refractivity contribution is 5.74. The number of nitrogens with one attached hydrogen (secondary N) is 1. The molecule has 1 saturated carbocycles. The Morgan fingerprint density at radius 1 is 1.27 bits per heavy atom. The summed E-state index contributed by atoms with van der Waals surface area (Å²) in [5.41, 5.74) is 7.85. The molecule has 1 aromatic rings. The normalized spacial score (nSPS) is 15.9. The maximum atomic E-state index is 12.2. The second-order valence-electron chi connectivity index (χ2n) is 9.10. The first-order valence-corrected chi connectivity index (χ1v) is 10.6. The first-order valence-electron chi connectivity index (χ1n) is 10.6. The Kier molecular flexibility index (Phi) is 8.34. The van der Waals surface area contributed by atoms with E-state index in [1.165, 1.54) is 24.3 Å². The third-order valence-corrected chi connectivity index (χ3v) is 5.07. The third kappa shape index (κ3) is 7.40. The van der Waals surface area contributed by atoms with Crippen LogP contribution in [0.3, 0.4) is 0 Å². The summed E-state index contributed by atoms with van der Waals surface area (Å²) in [5, 5.41) is 3.86. The van der Waals surface area contributed by atoms with Crippen molar-refractivity contribution in [1.82, 2.24) is 15.3 Å². The summed E-state index contributed by atoms with van der Waals surface area (Å²) in [7, 11) is 1.59. The molecule has 0 aromatic carbocycles. The average Bonchev–Trinajstić information content (AvgIpc) is 2.66. The molecule has 1 amide bonds. The largest absolute Gasteiger partial charge is 0.489 e. The number of hydrazine groups is 1.